The van der Waals surface area contributed by atoms with E-state index in [0.29, 0.717) is 11.4 Å². The van der Waals surface area contributed by atoms with Crippen LogP contribution < -0.4 is 4.72 Å². The van der Waals surface area contributed by atoms with Crippen molar-refractivity contribution in [3.63, 3.8) is 0 Å². The Morgan fingerprint density at radius 1 is 1.21 bits per heavy atom. The van der Waals surface area contributed by atoms with E-state index in [4.69, 9.17) is 0 Å². The predicted octanol–water partition coefficient (Wildman–Crippen LogP) is 3.33. The largest absolute Gasteiger partial charge is 0.294 e. The van der Waals surface area contributed by atoms with Crippen LogP contribution in [0.1, 0.15) is 22.0 Å². The van der Waals surface area contributed by atoms with Gasteiger partial charge in [-0.2, -0.15) is 5.10 Å². The SMILES string of the molecule is Cc1n[nH]c(C)c1S(=O)(=O)NCc1sc2nc(-c3ccc(F)cc3)cn2c1C. The van der Waals surface area contributed by atoms with Crippen molar-refractivity contribution in [1.82, 2.24) is 24.3 Å². The van der Waals surface area contributed by atoms with Crippen molar-refractivity contribution in [2.75, 3.05) is 0 Å². The summed E-state index contributed by atoms with van der Waals surface area (Å²) < 4.78 is 42.9. The molecule has 0 aliphatic rings. The third-order valence-corrected chi connectivity index (χ3v) is 7.37. The van der Waals surface area contributed by atoms with Crippen molar-refractivity contribution < 1.29 is 12.8 Å². The van der Waals surface area contributed by atoms with E-state index in [9.17, 15) is 12.8 Å². The first-order chi connectivity index (χ1) is 13.3. The van der Waals surface area contributed by atoms with Crippen LogP contribution in [0.3, 0.4) is 0 Å². The lowest BCUT2D eigenvalue weighted by Crippen LogP contribution is -2.24. The highest BCUT2D eigenvalue weighted by atomic mass is 32.2. The summed E-state index contributed by atoms with van der Waals surface area (Å²) >= 11 is 1.42. The summed E-state index contributed by atoms with van der Waals surface area (Å²) in [6.07, 6.45) is 1.87. The lowest BCUT2D eigenvalue weighted by molar-refractivity contribution is 0.580. The zero-order chi connectivity index (χ0) is 20.1. The van der Waals surface area contributed by atoms with E-state index < -0.39 is 10.0 Å². The second-order valence-corrected chi connectivity index (χ2v) is 9.25. The van der Waals surface area contributed by atoms with Gasteiger partial charge in [0, 0.05) is 28.9 Å². The molecular formula is C18H18FN5O2S2. The number of aromatic nitrogens is 4. The van der Waals surface area contributed by atoms with Gasteiger partial charge in [-0.3, -0.25) is 9.50 Å². The van der Waals surface area contributed by atoms with Crippen LogP contribution in [0.15, 0.2) is 35.4 Å². The summed E-state index contributed by atoms with van der Waals surface area (Å²) in [5, 5.41) is 6.64. The van der Waals surface area contributed by atoms with E-state index in [2.05, 4.69) is 19.9 Å². The Hall–Kier alpha value is -2.56. The molecule has 0 aliphatic carbocycles. The molecule has 0 fully saturated rings. The van der Waals surface area contributed by atoms with Crippen molar-refractivity contribution >= 4 is 26.3 Å². The molecule has 4 rings (SSSR count). The van der Waals surface area contributed by atoms with E-state index in [1.54, 1.807) is 26.0 Å². The third kappa shape index (κ3) is 3.23. The zero-order valence-corrected chi connectivity index (χ0v) is 17.1. The fraction of sp³-hybridized carbons (Fsp3) is 0.222. The number of aromatic amines is 1. The van der Waals surface area contributed by atoms with Crippen LogP contribution in [0.25, 0.3) is 16.2 Å². The molecule has 4 aromatic rings. The maximum absolute atomic E-state index is 13.1. The Kier molecular flexibility index (Phi) is 4.56. The Labute approximate surface area is 165 Å². The van der Waals surface area contributed by atoms with Gasteiger partial charge in [0.1, 0.15) is 10.7 Å². The average molecular weight is 420 g/mol. The maximum Gasteiger partial charge on any atom is 0.244 e. The van der Waals surface area contributed by atoms with Gasteiger partial charge in [-0.15, -0.1) is 0 Å². The van der Waals surface area contributed by atoms with Gasteiger partial charge in [-0.05, 0) is 45.0 Å². The molecule has 0 atom stereocenters. The van der Waals surface area contributed by atoms with Gasteiger partial charge in [0.15, 0.2) is 4.96 Å². The lowest BCUT2D eigenvalue weighted by Gasteiger charge is -2.06. The summed E-state index contributed by atoms with van der Waals surface area (Å²) in [6, 6.07) is 6.16. The first kappa shape index (κ1) is 18.8. The van der Waals surface area contributed by atoms with E-state index in [1.165, 1.54) is 23.5 Å². The fourth-order valence-corrected chi connectivity index (χ4v) is 5.58. The van der Waals surface area contributed by atoms with Gasteiger partial charge in [0.25, 0.3) is 0 Å². The monoisotopic (exact) mass is 419 g/mol. The number of sulfonamides is 1. The molecular weight excluding hydrogens is 401 g/mol. The second-order valence-electron chi connectivity index (χ2n) is 6.48. The zero-order valence-electron chi connectivity index (χ0n) is 15.4. The number of fused-ring (bicyclic) bond motifs is 1. The number of benzene rings is 1. The molecule has 7 nitrogen and oxygen atoms in total. The summed E-state index contributed by atoms with van der Waals surface area (Å²) in [4.78, 5) is 6.39. The molecule has 3 aromatic heterocycles. The summed E-state index contributed by atoms with van der Waals surface area (Å²) in [6.45, 7) is 5.41. The molecule has 0 saturated heterocycles. The maximum atomic E-state index is 13.1. The van der Waals surface area contributed by atoms with Crippen LogP contribution in [-0.2, 0) is 16.6 Å². The quantitative estimate of drug-likeness (QED) is 0.519. The first-order valence-corrected chi connectivity index (χ1v) is 10.8. The van der Waals surface area contributed by atoms with Gasteiger partial charge >= 0.3 is 0 Å². The molecule has 3 heterocycles. The number of nitrogens with zero attached hydrogens (tertiary/aromatic N) is 3. The molecule has 0 amide bonds. The molecule has 0 spiro atoms. The van der Waals surface area contributed by atoms with Gasteiger partial charge in [0.05, 0.1) is 17.1 Å². The van der Waals surface area contributed by atoms with Crippen LogP contribution in [0.5, 0.6) is 0 Å². The van der Waals surface area contributed by atoms with E-state index in [1.807, 2.05) is 17.5 Å². The van der Waals surface area contributed by atoms with Crippen LogP contribution in [0.2, 0.25) is 0 Å². The number of imidazole rings is 1. The second kappa shape index (κ2) is 6.80. The normalized spacial score (nSPS) is 12.1. The molecule has 2 N–H and O–H groups in total. The number of hydrogen-bond donors (Lipinski definition) is 2. The minimum absolute atomic E-state index is 0.165. The number of nitrogens with one attached hydrogen (secondary N) is 2. The molecule has 10 heteroatoms. The smallest absolute Gasteiger partial charge is 0.244 e. The standard InChI is InChI=1S/C18H18FN5O2S2/c1-10-17(11(2)23-22-10)28(25,26)20-8-16-12(3)24-9-15(21-18(24)27-16)13-4-6-14(19)7-5-13/h4-7,9,20H,8H2,1-3H3,(H,22,23). The predicted molar refractivity (Wildman–Crippen MR) is 105 cm³/mol. The number of rotatable bonds is 5. The number of aryl methyl sites for hydroxylation is 3. The van der Waals surface area contributed by atoms with E-state index >= 15 is 0 Å². The van der Waals surface area contributed by atoms with Crippen LogP contribution in [0.4, 0.5) is 4.39 Å². The molecule has 0 bridgehead atoms. The van der Waals surface area contributed by atoms with Gasteiger partial charge in [-0.25, -0.2) is 22.5 Å². The Morgan fingerprint density at radius 3 is 2.54 bits per heavy atom. The summed E-state index contributed by atoms with van der Waals surface area (Å²) in [5.74, 6) is -0.293. The average Bonchev–Trinajstić information content (AvgIpc) is 3.29. The molecule has 0 radical (unpaired) electrons. The lowest BCUT2D eigenvalue weighted by atomic mass is 10.2. The van der Waals surface area contributed by atoms with Crippen LogP contribution >= 0.6 is 11.3 Å². The number of H-pyrrole nitrogens is 1. The van der Waals surface area contributed by atoms with Gasteiger partial charge in [0.2, 0.25) is 10.0 Å². The minimum atomic E-state index is -3.67. The molecule has 28 heavy (non-hydrogen) atoms. The van der Waals surface area contributed by atoms with Crippen molar-refractivity contribution in [2.24, 2.45) is 0 Å². The molecule has 0 aliphatic heterocycles. The topological polar surface area (TPSA) is 92.1 Å². The van der Waals surface area contributed by atoms with E-state index in [0.717, 1.165) is 26.8 Å². The van der Waals surface area contributed by atoms with Crippen molar-refractivity contribution in [3.8, 4) is 11.3 Å². The van der Waals surface area contributed by atoms with Crippen LogP contribution in [-0.4, -0.2) is 28.0 Å². The summed E-state index contributed by atoms with van der Waals surface area (Å²) in [7, 11) is -3.67. The highest BCUT2D eigenvalue weighted by Crippen LogP contribution is 2.27. The Morgan fingerprint density at radius 2 is 1.93 bits per heavy atom. The molecule has 146 valence electrons. The third-order valence-electron chi connectivity index (χ3n) is 4.54. The molecule has 0 unspecified atom stereocenters. The Balaban J connectivity index is 1.59. The van der Waals surface area contributed by atoms with Gasteiger partial charge < -0.3 is 0 Å². The van der Waals surface area contributed by atoms with Crippen LogP contribution in [0, 0.1) is 26.6 Å². The number of thiazole rings is 1. The van der Waals surface area contributed by atoms with Gasteiger partial charge in [-0.1, -0.05) is 11.3 Å². The fourth-order valence-electron chi connectivity index (χ4n) is 3.09. The number of halogens is 1. The van der Waals surface area contributed by atoms with Crippen molar-refractivity contribution in [2.45, 2.75) is 32.2 Å². The van der Waals surface area contributed by atoms with Crippen molar-refractivity contribution in [1.29, 1.82) is 0 Å². The Bertz CT molecular complexity index is 1250. The summed E-state index contributed by atoms with van der Waals surface area (Å²) in [5.41, 5.74) is 3.42. The van der Waals surface area contributed by atoms with Crippen molar-refractivity contribution in [3.05, 3.63) is 58.2 Å². The molecule has 1 aromatic carbocycles. The first-order valence-electron chi connectivity index (χ1n) is 8.51. The highest BCUT2D eigenvalue weighted by molar-refractivity contribution is 7.89. The molecule has 0 saturated carbocycles. The minimum Gasteiger partial charge on any atom is -0.294 e. The number of hydrogen-bond acceptors (Lipinski definition) is 5. The van der Waals surface area contributed by atoms with E-state index in [-0.39, 0.29) is 17.3 Å². The highest BCUT2D eigenvalue weighted by Gasteiger charge is 2.23.